The lowest BCUT2D eigenvalue weighted by Crippen LogP contribution is -2.44. The minimum atomic E-state index is -1.95. The summed E-state index contributed by atoms with van der Waals surface area (Å²) in [6.45, 7) is 12.5. The van der Waals surface area contributed by atoms with E-state index < -0.39 is 14.5 Å². The minimum absolute atomic E-state index is 0.0311. The lowest BCUT2D eigenvalue weighted by atomic mass is 9.90. The van der Waals surface area contributed by atoms with Gasteiger partial charge in [0.25, 0.3) is 0 Å². The van der Waals surface area contributed by atoms with Crippen LogP contribution in [0.5, 0.6) is 0 Å². The molecular formula is C26H43FO5SSi. The first-order chi connectivity index (χ1) is 16.0. The lowest BCUT2D eigenvalue weighted by molar-refractivity contribution is -0.197. The molecule has 0 amide bonds. The number of ether oxygens (including phenoxy) is 3. The molecule has 3 rings (SSSR count). The van der Waals surface area contributed by atoms with Crippen LogP contribution >= 0.6 is 11.3 Å². The Balaban J connectivity index is 1.64. The molecule has 1 unspecified atom stereocenters. The van der Waals surface area contributed by atoms with Crippen LogP contribution in [0.1, 0.15) is 73.8 Å². The van der Waals surface area contributed by atoms with Crippen molar-refractivity contribution < 1.29 is 27.8 Å². The number of hydrogen-bond donors (Lipinski definition) is 0. The summed E-state index contributed by atoms with van der Waals surface area (Å²) in [6.07, 6.45) is 4.67. The third-order valence-corrected chi connectivity index (χ3v) is 13.5. The molecule has 0 bridgehead atoms. The molecule has 1 aromatic rings. The number of methoxy groups -OCH3 is 1. The number of thiophene rings is 1. The molecule has 34 heavy (non-hydrogen) atoms. The molecule has 0 N–H and O–H groups in total. The maximum absolute atomic E-state index is 15.4. The Bertz CT molecular complexity index is 786. The Morgan fingerprint density at radius 3 is 2.65 bits per heavy atom. The summed E-state index contributed by atoms with van der Waals surface area (Å²) >= 11 is 1.46. The highest BCUT2D eigenvalue weighted by Gasteiger charge is 2.47. The van der Waals surface area contributed by atoms with Crippen molar-refractivity contribution in [3.8, 4) is 0 Å². The fraction of sp³-hybridized carbons (Fsp3) is 0.808. The predicted molar refractivity (Wildman–Crippen MR) is 137 cm³/mol. The molecule has 0 spiro atoms. The molecule has 1 saturated heterocycles. The molecule has 2 heterocycles. The number of aryl methyl sites for hydroxylation is 1. The van der Waals surface area contributed by atoms with Crippen LogP contribution in [0.3, 0.4) is 0 Å². The minimum Gasteiger partial charge on any atom is -0.465 e. The van der Waals surface area contributed by atoms with Gasteiger partial charge in [-0.25, -0.2) is 9.18 Å². The molecule has 0 radical (unpaired) electrons. The van der Waals surface area contributed by atoms with Gasteiger partial charge >= 0.3 is 5.97 Å². The summed E-state index contributed by atoms with van der Waals surface area (Å²) < 4.78 is 38.9. The van der Waals surface area contributed by atoms with E-state index in [-0.39, 0.29) is 35.2 Å². The number of rotatable bonds is 10. The van der Waals surface area contributed by atoms with Crippen molar-refractivity contribution in [2.45, 2.75) is 102 Å². The molecule has 2 fully saturated rings. The van der Waals surface area contributed by atoms with Crippen LogP contribution in [-0.2, 0) is 25.1 Å². The Labute approximate surface area is 209 Å². The van der Waals surface area contributed by atoms with Gasteiger partial charge in [0.05, 0.1) is 13.2 Å². The fourth-order valence-corrected chi connectivity index (χ4v) is 6.68. The van der Waals surface area contributed by atoms with Crippen molar-refractivity contribution in [3.63, 3.8) is 0 Å². The van der Waals surface area contributed by atoms with E-state index in [1.165, 1.54) is 18.4 Å². The second kappa shape index (κ2) is 12.0. The SMILES string of the molecule is COC(=O)c1ccc(CCC[C@@H]2[C@@H](CO[Si](C)(C)C(C)(C)C)[C@H](OC3CCCCO3)C[C@H]2F)s1. The van der Waals surface area contributed by atoms with Crippen molar-refractivity contribution in [2.75, 3.05) is 20.3 Å². The maximum Gasteiger partial charge on any atom is 0.348 e. The van der Waals surface area contributed by atoms with Crippen LogP contribution in [0, 0.1) is 11.8 Å². The molecule has 1 aromatic heterocycles. The highest BCUT2D eigenvalue weighted by atomic mass is 32.1. The summed E-state index contributed by atoms with van der Waals surface area (Å²) in [5, 5.41) is 0.107. The van der Waals surface area contributed by atoms with Crippen molar-refractivity contribution in [1.82, 2.24) is 0 Å². The van der Waals surface area contributed by atoms with Gasteiger partial charge in [-0.15, -0.1) is 11.3 Å². The highest BCUT2D eigenvalue weighted by Crippen LogP contribution is 2.43. The van der Waals surface area contributed by atoms with Crippen LogP contribution in [0.2, 0.25) is 18.1 Å². The number of carbonyl (C=O) groups is 1. The molecule has 1 saturated carbocycles. The Morgan fingerprint density at radius 1 is 1.24 bits per heavy atom. The molecule has 1 aliphatic heterocycles. The second-order valence-electron chi connectivity index (χ2n) is 11.3. The highest BCUT2D eigenvalue weighted by molar-refractivity contribution is 7.13. The predicted octanol–water partition coefficient (Wildman–Crippen LogP) is 6.77. The van der Waals surface area contributed by atoms with E-state index in [0.717, 1.165) is 50.0 Å². The van der Waals surface area contributed by atoms with Crippen LogP contribution in [0.15, 0.2) is 12.1 Å². The Hall–Kier alpha value is -0.803. The first-order valence-corrected chi connectivity index (χ1v) is 16.5. The summed E-state index contributed by atoms with van der Waals surface area (Å²) in [5.41, 5.74) is 0. The van der Waals surface area contributed by atoms with Crippen LogP contribution in [0.25, 0.3) is 0 Å². The van der Waals surface area contributed by atoms with E-state index in [0.29, 0.717) is 17.9 Å². The molecule has 2 aliphatic rings. The zero-order valence-electron chi connectivity index (χ0n) is 21.7. The molecule has 8 heteroatoms. The van der Waals surface area contributed by atoms with Gasteiger partial charge in [-0.3, -0.25) is 0 Å². The summed E-state index contributed by atoms with van der Waals surface area (Å²) in [4.78, 5) is 13.5. The molecule has 5 nitrogen and oxygen atoms in total. The normalized spacial score (nSPS) is 28.3. The van der Waals surface area contributed by atoms with Gasteiger partial charge in [-0.1, -0.05) is 20.8 Å². The molecular weight excluding hydrogens is 471 g/mol. The molecule has 1 aliphatic carbocycles. The zero-order chi connectivity index (χ0) is 24.9. The number of esters is 1. The van der Waals surface area contributed by atoms with Gasteiger partial charge in [0.15, 0.2) is 14.6 Å². The number of carbonyl (C=O) groups excluding carboxylic acids is 1. The smallest absolute Gasteiger partial charge is 0.348 e. The zero-order valence-corrected chi connectivity index (χ0v) is 23.5. The van der Waals surface area contributed by atoms with E-state index >= 15 is 4.39 Å². The van der Waals surface area contributed by atoms with E-state index in [4.69, 9.17) is 18.6 Å². The summed E-state index contributed by atoms with van der Waals surface area (Å²) in [6, 6.07) is 3.78. The lowest BCUT2D eigenvalue weighted by Gasteiger charge is -2.38. The Kier molecular flexibility index (Phi) is 9.77. The fourth-order valence-electron chi connectivity index (χ4n) is 4.67. The Morgan fingerprint density at radius 2 is 2.00 bits per heavy atom. The van der Waals surface area contributed by atoms with Crippen molar-refractivity contribution in [2.24, 2.45) is 11.8 Å². The molecule has 5 atom stereocenters. The number of alkyl halides is 1. The quantitative estimate of drug-likeness (QED) is 0.255. The third kappa shape index (κ3) is 7.12. The monoisotopic (exact) mass is 514 g/mol. The van der Waals surface area contributed by atoms with E-state index in [1.807, 2.05) is 12.1 Å². The second-order valence-corrected chi connectivity index (χ2v) is 17.2. The molecule has 194 valence electrons. The van der Waals surface area contributed by atoms with E-state index in [1.54, 1.807) is 0 Å². The first kappa shape index (κ1) is 27.8. The maximum atomic E-state index is 15.4. The topological polar surface area (TPSA) is 54.0 Å². The number of hydrogen-bond acceptors (Lipinski definition) is 6. The first-order valence-electron chi connectivity index (χ1n) is 12.7. The summed E-state index contributed by atoms with van der Waals surface area (Å²) in [7, 11) is -0.558. The average Bonchev–Trinajstić information content (AvgIpc) is 3.36. The summed E-state index contributed by atoms with van der Waals surface area (Å²) in [5.74, 6) is -0.356. The van der Waals surface area contributed by atoms with Crippen molar-refractivity contribution >= 4 is 25.6 Å². The van der Waals surface area contributed by atoms with E-state index in [9.17, 15) is 4.79 Å². The largest absolute Gasteiger partial charge is 0.465 e. The average molecular weight is 515 g/mol. The van der Waals surface area contributed by atoms with Gasteiger partial charge in [0.2, 0.25) is 0 Å². The van der Waals surface area contributed by atoms with Crippen molar-refractivity contribution in [3.05, 3.63) is 21.9 Å². The van der Waals surface area contributed by atoms with Crippen LogP contribution in [-0.4, -0.2) is 53.2 Å². The standard InChI is InChI=1S/C26H43FO5SSi/c1-26(2,3)34(5,6)31-17-20-19(11-9-10-18-13-14-23(33-18)25(28)29-4)21(27)16-22(20)32-24-12-7-8-15-30-24/h13-14,19-22,24H,7-12,15-17H2,1-6H3/t19-,20-,21-,22-,24?/m1/s1. The van der Waals surface area contributed by atoms with Crippen LogP contribution < -0.4 is 0 Å². The van der Waals surface area contributed by atoms with Gasteiger partial charge in [-0.2, -0.15) is 0 Å². The van der Waals surface area contributed by atoms with Crippen LogP contribution in [0.4, 0.5) is 4.39 Å². The molecule has 0 aromatic carbocycles. The van der Waals surface area contributed by atoms with Gasteiger partial charge < -0.3 is 18.6 Å². The van der Waals surface area contributed by atoms with Gasteiger partial charge in [-0.05, 0) is 74.7 Å². The number of halogens is 1. The third-order valence-electron chi connectivity index (χ3n) is 7.87. The van der Waals surface area contributed by atoms with Crippen molar-refractivity contribution in [1.29, 1.82) is 0 Å². The van der Waals surface area contributed by atoms with Gasteiger partial charge in [0.1, 0.15) is 11.0 Å². The van der Waals surface area contributed by atoms with Gasteiger partial charge in [0, 0.05) is 30.4 Å². The van der Waals surface area contributed by atoms with E-state index in [2.05, 4.69) is 33.9 Å².